The molecule has 2 rings (SSSR count). The summed E-state index contributed by atoms with van der Waals surface area (Å²) in [6, 6.07) is 7.83. The number of carbonyl (C=O) groups excluding carboxylic acids is 2. The Hall–Kier alpha value is -0.801. The summed E-state index contributed by atoms with van der Waals surface area (Å²) in [6.07, 6.45) is 0. The number of rotatable bonds is 4. The number of hydrogen-bond donors (Lipinski definition) is 0. The molecule has 0 amide bonds. The molecule has 102 valence electrons. The van der Waals surface area contributed by atoms with Crippen molar-refractivity contribution in [2.75, 3.05) is 13.2 Å². The van der Waals surface area contributed by atoms with Crippen LogP contribution in [0.25, 0.3) is 0 Å². The first-order valence-corrected chi connectivity index (χ1v) is 9.38. The molecule has 1 aliphatic rings. The van der Waals surface area contributed by atoms with E-state index in [1.165, 1.54) is 0 Å². The summed E-state index contributed by atoms with van der Waals surface area (Å²) in [6.45, 7) is 4.06. The van der Waals surface area contributed by atoms with E-state index in [0.717, 1.165) is 8.92 Å². The zero-order valence-corrected chi connectivity index (χ0v) is 14.1. The van der Waals surface area contributed by atoms with Gasteiger partial charge in [-0.2, -0.15) is 0 Å². The number of carbonyl (C=O) groups is 2. The van der Waals surface area contributed by atoms with Crippen molar-refractivity contribution in [2.45, 2.75) is 17.1 Å². The van der Waals surface area contributed by atoms with Gasteiger partial charge in [0.2, 0.25) is 0 Å². The van der Waals surface area contributed by atoms with Gasteiger partial charge in [0.05, 0.1) is 0 Å². The minimum atomic E-state index is -1.07. The summed E-state index contributed by atoms with van der Waals surface area (Å²) < 4.78 is 11.4. The van der Waals surface area contributed by atoms with Crippen LogP contribution >= 0.6 is 0 Å². The predicted octanol–water partition coefficient (Wildman–Crippen LogP) is -0.398. The third-order valence-electron chi connectivity index (χ3n) is 2.44. The average Bonchev–Trinajstić information content (AvgIpc) is 2.80. The fraction of sp³-hybridized carbons (Fsp3) is 0.385. The van der Waals surface area contributed by atoms with Gasteiger partial charge in [-0.05, 0) is 0 Å². The summed E-state index contributed by atoms with van der Waals surface area (Å²) in [5.74, 6) is -0.852. The minimum absolute atomic E-state index is 0.262. The number of benzene rings is 1. The van der Waals surface area contributed by atoms with E-state index in [4.69, 9.17) is 9.47 Å². The fourth-order valence-corrected chi connectivity index (χ4v) is 8.88. The van der Waals surface area contributed by atoms with Crippen LogP contribution in [0, 0.1) is 0 Å². The standard InChI is InChI=1S/C13H14O4Se2/c1-3-16-11(14)13(12(15)17-4-2)18-9-7-5-6-8-10(9)19-13/h5-8H,3-4H2,1-2H3. The van der Waals surface area contributed by atoms with E-state index in [1.807, 2.05) is 24.3 Å². The molecule has 0 aromatic heterocycles. The molecule has 0 aliphatic carbocycles. The van der Waals surface area contributed by atoms with Gasteiger partial charge in [0.1, 0.15) is 0 Å². The van der Waals surface area contributed by atoms with E-state index in [2.05, 4.69) is 0 Å². The summed E-state index contributed by atoms with van der Waals surface area (Å²) in [5, 5.41) is 0. The molecule has 0 atom stereocenters. The van der Waals surface area contributed by atoms with Gasteiger partial charge in [-0.15, -0.1) is 0 Å². The van der Waals surface area contributed by atoms with E-state index in [9.17, 15) is 9.59 Å². The van der Waals surface area contributed by atoms with Crippen molar-refractivity contribution < 1.29 is 19.1 Å². The van der Waals surface area contributed by atoms with Gasteiger partial charge in [0, 0.05) is 0 Å². The first-order chi connectivity index (χ1) is 9.14. The van der Waals surface area contributed by atoms with Crippen LogP contribution < -0.4 is 8.92 Å². The Kier molecular flexibility index (Phi) is 4.69. The van der Waals surface area contributed by atoms with Crippen LogP contribution in [0.3, 0.4) is 0 Å². The third kappa shape index (κ3) is 2.72. The molecular weight excluding hydrogens is 378 g/mol. The van der Waals surface area contributed by atoms with Gasteiger partial charge in [-0.25, -0.2) is 0 Å². The molecule has 0 spiro atoms. The van der Waals surface area contributed by atoms with Crippen molar-refractivity contribution >= 4 is 50.8 Å². The van der Waals surface area contributed by atoms with Gasteiger partial charge in [0.25, 0.3) is 0 Å². The Balaban J connectivity index is 2.34. The third-order valence-corrected chi connectivity index (χ3v) is 9.94. The van der Waals surface area contributed by atoms with Crippen LogP contribution in [0.2, 0.25) is 3.21 Å². The van der Waals surface area contributed by atoms with Gasteiger partial charge in [0.15, 0.2) is 0 Å². The Morgan fingerprint density at radius 2 is 1.42 bits per heavy atom. The average molecular weight is 392 g/mol. The first-order valence-electron chi connectivity index (χ1n) is 5.95. The molecule has 19 heavy (non-hydrogen) atoms. The number of esters is 2. The van der Waals surface area contributed by atoms with Crippen molar-refractivity contribution in [3.8, 4) is 0 Å². The van der Waals surface area contributed by atoms with Crippen molar-refractivity contribution in [2.24, 2.45) is 0 Å². The molecule has 1 aromatic rings. The molecule has 0 bridgehead atoms. The molecule has 0 fully saturated rings. The Morgan fingerprint density at radius 3 is 1.79 bits per heavy atom. The van der Waals surface area contributed by atoms with Crippen molar-refractivity contribution in [3.63, 3.8) is 0 Å². The Labute approximate surface area is 124 Å². The van der Waals surface area contributed by atoms with Crippen molar-refractivity contribution in [1.82, 2.24) is 0 Å². The Morgan fingerprint density at radius 1 is 1.00 bits per heavy atom. The van der Waals surface area contributed by atoms with E-state index in [1.54, 1.807) is 13.8 Å². The van der Waals surface area contributed by atoms with Crippen LogP contribution in [0.1, 0.15) is 13.8 Å². The predicted molar refractivity (Wildman–Crippen MR) is 73.2 cm³/mol. The van der Waals surface area contributed by atoms with Crippen molar-refractivity contribution in [1.29, 1.82) is 0 Å². The van der Waals surface area contributed by atoms with Crippen LogP contribution in [0.5, 0.6) is 0 Å². The summed E-state index contributed by atoms with van der Waals surface area (Å²) >= 11 is -0.524. The first kappa shape index (κ1) is 14.6. The van der Waals surface area contributed by atoms with Gasteiger partial charge in [-0.3, -0.25) is 0 Å². The zero-order valence-electron chi connectivity index (χ0n) is 10.7. The van der Waals surface area contributed by atoms with E-state index in [0.29, 0.717) is 0 Å². The molecule has 1 aromatic carbocycles. The molecule has 1 heterocycles. The van der Waals surface area contributed by atoms with Crippen LogP contribution in [0.4, 0.5) is 0 Å². The maximum absolute atomic E-state index is 12.3. The Bertz CT molecular complexity index is 456. The second kappa shape index (κ2) is 6.10. The maximum atomic E-state index is 12.3. The molecule has 0 radical (unpaired) electrons. The van der Waals surface area contributed by atoms with Gasteiger partial charge >= 0.3 is 124 Å². The van der Waals surface area contributed by atoms with Crippen LogP contribution in [-0.4, -0.2) is 55.1 Å². The topological polar surface area (TPSA) is 52.6 Å². The number of hydrogen-bond acceptors (Lipinski definition) is 4. The van der Waals surface area contributed by atoms with E-state index in [-0.39, 0.29) is 43.1 Å². The monoisotopic (exact) mass is 394 g/mol. The second-order valence-electron chi connectivity index (χ2n) is 3.71. The molecule has 0 N–H and O–H groups in total. The SMILES string of the molecule is CCOC(=O)C1(C(=O)OCC)[Se]c2ccccc2[Se]1. The summed E-state index contributed by atoms with van der Waals surface area (Å²) in [7, 11) is 0. The molecule has 0 saturated carbocycles. The number of fused-ring (bicyclic) bond motifs is 1. The van der Waals surface area contributed by atoms with Crippen LogP contribution in [0.15, 0.2) is 24.3 Å². The fourth-order valence-electron chi connectivity index (χ4n) is 1.65. The van der Waals surface area contributed by atoms with E-state index >= 15 is 0 Å². The normalized spacial score (nSPS) is 15.7. The van der Waals surface area contributed by atoms with E-state index < -0.39 is 15.2 Å². The second-order valence-corrected chi connectivity index (χ2v) is 10.3. The van der Waals surface area contributed by atoms with Gasteiger partial charge in [-0.1, -0.05) is 0 Å². The number of ether oxygens (including phenoxy) is 2. The quantitative estimate of drug-likeness (QED) is 0.398. The summed E-state index contributed by atoms with van der Waals surface area (Å²) in [4.78, 5) is 24.5. The zero-order chi connectivity index (χ0) is 13.9. The molecule has 0 saturated heterocycles. The molecule has 0 unspecified atom stereocenters. The molecule has 4 nitrogen and oxygen atoms in total. The molecule has 1 aliphatic heterocycles. The van der Waals surface area contributed by atoms with Gasteiger partial charge < -0.3 is 0 Å². The molecular formula is C13H14O4Se2. The van der Waals surface area contributed by atoms with Crippen LogP contribution in [-0.2, 0) is 19.1 Å². The summed E-state index contributed by atoms with van der Waals surface area (Å²) in [5.41, 5.74) is 0. The molecule has 6 heteroatoms. The van der Waals surface area contributed by atoms with Crippen molar-refractivity contribution in [3.05, 3.63) is 24.3 Å².